The normalized spacial score (nSPS) is 32.9. The molecule has 2 rings (SSSR count). The summed E-state index contributed by atoms with van der Waals surface area (Å²) in [7, 11) is 0. The van der Waals surface area contributed by atoms with E-state index >= 15 is 0 Å². The summed E-state index contributed by atoms with van der Waals surface area (Å²) in [5.74, 6) is 0. The Hall–Kier alpha value is -0.980. The van der Waals surface area contributed by atoms with Gasteiger partial charge >= 0.3 is 0 Å². The van der Waals surface area contributed by atoms with Crippen molar-refractivity contribution >= 4 is 0 Å². The van der Waals surface area contributed by atoms with Crippen molar-refractivity contribution in [3.05, 3.63) is 35.9 Å². The quantitative estimate of drug-likeness (QED) is 0.670. The monoisotopic (exact) mass is 240 g/mol. The second kappa shape index (κ2) is 5.57. The van der Waals surface area contributed by atoms with Crippen LogP contribution in [0.4, 0.5) is 0 Å². The molecular formula is C12H16O5. The Morgan fingerprint density at radius 3 is 2.35 bits per heavy atom. The highest BCUT2D eigenvalue weighted by Crippen LogP contribution is 2.19. The van der Waals surface area contributed by atoms with Gasteiger partial charge in [-0.15, -0.1) is 0 Å². The Balaban J connectivity index is 1.76. The summed E-state index contributed by atoms with van der Waals surface area (Å²) in [5.41, 5.74) is 1.01. The topological polar surface area (TPSA) is 79.2 Å². The second-order valence-corrected chi connectivity index (χ2v) is 4.05. The van der Waals surface area contributed by atoms with Crippen molar-refractivity contribution in [2.24, 2.45) is 0 Å². The summed E-state index contributed by atoms with van der Waals surface area (Å²) >= 11 is 0. The number of ether oxygens (including phenoxy) is 2. The average molecular weight is 240 g/mol. The van der Waals surface area contributed by atoms with Gasteiger partial charge in [0.1, 0.15) is 18.3 Å². The van der Waals surface area contributed by atoms with E-state index in [9.17, 15) is 10.2 Å². The van der Waals surface area contributed by atoms with Gasteiger partial charge in [-0.1, -0.05) is 30.3 Å². The van der Waals surface area contributed by atoms with Crippen molar-refractivity contribution in [3.63, 3.8) is 0 Å². The first-order chi connectivity index (χ1) is 8.18. The van der Waals surface area contributed by atoms with Crippen molar-refractivity contribution in [3.8, 4) is 0 Å². The van der Waals surface area contributed by atoms with Gasteiger partial charge in [0, 0.05) is 0 Å². The van der Waals surface area contributed by atoms with Crippen molar-refractivity contribution in [2.45, 2.75) is 31.2 Å². The number of benzene rings is 1. The third-order valence-electron chi connectivity index (χ3n) is 2.73. The first-order valence-corrected chi connectivity index (χ1v) is 5.50. The molecule has 0 radical (unpaired) electrons. The van der Waals surface area contributed by atoms with Crippen LogP contribution in [0.1, 0.15) is 5.56 Å². The fourth-order valence-corrected chi connectivity index (χ4v) is 1.73. The molecule has 1 fully saturated rings. The van der Waals surface area contributed by atoms with Crippen LogP contribution in [0.15, 0.2) is 30.3 Å². The molecule has 17 heavy (non-hydrogen) atoms. The summed E-state index contributed by atoms with van der Waals surface area (Å²) < 4.78 is 10.3. The molecule has 0 spiro atoms. The van der Waals surface area contributed by atoms with Crippen LogP contribution in [-0.4, -0.2) is 46.5 Å². The van der Waals surface area contributed by atoms with Crippen LogP contribution >= 0.6 is 0 Å². The lowest BCUT2D eigenvalue weighted by Gasteiger charge is -2.14. The molecule has 1 unspecified atom stereocenters. The van der Waals surface area contributed by atoms with Gasteiger partial charge in [-0.25, -0.2) is 0 Å². The fourth-order valence-electron chi connectivity index (χ4n) is 1.73. The zero-order valence-electron chi connectivity index (χ0n) is 9.27. The average Bonchev–Trinajstić information content (AvgIpc) is 2.59. The Morgan fingerprint density at radius 2 is 1.76 bits per heavy atom. The minimum absolute atomic E-state index is 0.129. The maximum Gasteiger partial charge on any atom is 0.184 e. The molecule has 4 atom stereocenters. The molecule has 1 heterocycles. The molecule has 3 N–H and O–H groups in total. The molecule has 5 heteroatoms. The van der Waals surface area contributed by atoms with Crippen molar-refractivity contribution in [1.29, 1.82) is 0 Å². The van der Waals surface area contributed by atoms with E-state index in [1.165, 1.54) is 0 Å². The van der Waals surface area contributed by atoms with Crippen molar-refractivity contribution in [2.75, 3.05) is 6.61 Å². The summed E-state index contributed by atoms with van der Waals surface area (Å²) in [6.07, 6.45) is -4.40. The molecule has 0 amide bonds. The van der Waals surface area contributed by atoms with Crippen molar-refractivity contribution in [1.82, 2.24) is 0 Å². The van der Waals surface area contributed by atoms with Crippen molar-refractivity contribution < 1.29 is 24.8 Å². The van der Waals surface area contributed by atoms with Gasteiger partial charge in [0.05, 0.1) is 13.2 Å². The Morgan fingerprint density at radius 1 is 1.06 bits per heavy atom. The number of hydrogen-bond acceptors (Lipinski definition) is 5. The first kappa shape index (κ1) is 12.5. The molecule has 1 saturated heterocycles. The number of hydrogen-bond donors (Lipinski definition) is 3. The molecule has 1 aliphatic heterocycles. The van der Waals surface area contributed by atoms with Crippen LogP contribution < -0.4 is 0 Å². The summed E-state index contributed by atoms with van der Waals surface area (Å²) in [6, 6.07) is 9.59. The Kier molecular flexibility index (Phi) is 4.09. The molecule has 0 aromatic heterocycles. The minimum Gasteiger partial charge on any atom is -0.387 e. The lowest BCUT2D eigenvalue weighted by Crippen LogP contribution is -2.34. The first-order valence-electron chi connectivity index (χ1n) is 5.50. The molecule has 5 nitrogen and oxygen atoms in total. The van der Waals surface area contributed by atoms with E-state index in [0.29, 0.717) is 6.61 Å². The smallest absolute Gasteiger partial charge is 0.184 e. The van der Waals surface area contributed by atoms with E-state index in [-0.39, 0.29) is 6.61 Å². The van der Waals surface area contributed by atoms with E-state index < -0.39 is 24.6 Å². The van der Waals surface area contributed by atoms with Gasteiger partial charge < -0.3 is 24.8 Å². The van der Waals surface area contributed by atoms with Crippen LogP contribution in [0.2, 0.25) is 0 Å². The SMILES string of the molecule is OC1O[C@@H](COCc2ccccc2)[C@H](O)[C@H]1O. The van der Waals surface area contributed by atoms with Gasteiger partial charge in [0.25, 0.3) is 0 Å². The summed E-state index contributed by atoms with van der Waals surface area (Å²) in [6.45, 7) is 0.532. The number of rotatable bonds is 4. The zero-order chi connectivity index (χ0) is 12.3. The Labute approximate surface area is 99.2 Å². The minimum atomic E-state index is -1.34. The lowest BCUT2D eigenvalue weighted by atomic mass is 10.1. The molecular weight excluding hydrogens is 224 g/mol. The number of aliphatic hydroxyl groups is 3. The summed E-state index contributed by atoms with van der Waals surface area (Å²) in [5, 5.41) is 27.9. The lowest BCUT2D eigenvalue weighted by molar-refractivity contribution is -0.137. The van der Waals surface area contributed by atoms with Crippen LogP contribution in [0.3, 0.4) is 0 Å². The van der Waals surface area contributed by atoms with Gasteiger partial charge in [-0.2, -0.15) is 0 Å². The zero-order valence-corrected chi connectivity index (χ0v) is 9.27. The predicted molar refractivity (Wildman–Crippen MR) is 59.0 cm³/mol. The standard InChI is InChI=1S/C12H16O5/c13-10-9(17-12(15)11(10)14)7-16-6-8-4-2-1-3-5-8/h1-5,9-15H,6-7H2/t9-,10-,11+,12?/m0/s1. The molecule has 0 saturated carbocycles. The third kappa shape index (κ3) is 3.02. The van der Waals surface area contributed by atoms with E-state index in [1.807, 2.05) is 30.3 Å². The maximum absolute atomic E-state index is 9.51. The predicted octanol–water partition coefficient (Wildman–Crippen LogP) is -0.358. The van der Waals surface area contributed by atoms with Gasteiger partial charge in [-0.3, -0.25) is 0 Å². The largest absolute Gasteiger partial charge is 0.387 e. The van der Waals surface area contributed by atoms with Crippen LogP contribution in [0.5, 0.6) is 0 Å². The third-order valence-corrected chi connectivity index (χ3v) is 2.73. The van der Waals surface area contributed by atoms with E-state index in [1.54, 1.807) is 0 Å². The molecule has 1 aromatic carbocycles. The van der Waals surface area contributed by atoms with E-state index in [2.05, 4.69) is 0 Å². The van der Waals surface area contributed by atoms with Crippen LogP contribution in [-0.2, 0) is 16.1 Å². The highest BCUT2D eigenvalue weighted by atomic mass is 16.7. The number of aliphatic hydroxyl groups excluding tert-OH is 3. The van der Waals surface area contributed by atoms with Gasteiger partial charge in [-0.05, 0) is 5.56 Å². The molecule has 0 bridgehead atoms. The highest BCUT2D eigenvalue weighted by Gasteiger charge is 2.41. The van der Waals surface area contributed by atoms with Crippen LogP contribution in [0, 0.1) is 0 Å². The molecule has 94 valence electrons. The Bertz CT molecular complexity index is 342. The van der Waals surface area contributed by atoms with Gasteiger partial charge in [0.2, 0.25) is 0 Å². The maximum atomic E-state index is 9.51. The van der Waals surface area contributed by atoms with E-state index in [4.69, 9.17) is 14.6 Å². The highest BCUT2D eigenvalue weighted by molar-refractivity contribution is 5.13. The van der Waals surface area contributed by atoms with Crippen LogP contribution in [0.25, 0.3) is 0 Å². The second-order valence-electron chi connectivity index (χ2n) is 4.05. The molecule has 0 aliphatic carbocycles. The van der Waals surface area contributed by atoms with Gasteiger partial charge in [0.15, 0.2) is 6.29 Å². The fraction of sp³-hybridized carbons (Fsp3) is 0.500. The molecule has 1 aliphatic rings. The summed E-state index contributed by atoms with van der Waals surface area (Å²) in [4.78, 5) is 0. The molecule has 1 aromatic rings. The van der Waals surface area contributed by atoms with E-state index in [0.717, 1.165) is 5.56 Å².